The number of anilines is 2. The molecule has 106 heavy (non-hydrogen) atoms. The second-order valence-corrected chi connectivity index (χ2v) is 23.7. The Kier molecular flexibility index (Phi) is 25.0. The number of aromatic hydroxyl groups is 2. The number of hydrogen-bond acceptors (Lipinski definition) is 16. The number of alkyl halides is 13. The lowest BCUT2D eigenvalue weighted by Crippen LogP contribution is -2.50. The number of phenols is 2. The summed E-state index contributed by atoms with van der Waals surface area (Å²) in [6.45, 7) is 9.35. The number of carbonyl (C=O) groups is 2. The zero-order chi connectivity index (χ0) is 77.9. The molecule has 0 aliphatic carbocycles. The molecule has 2 aliphatic heterocycles. The average molecular weight is 1510 g/mol. The van der Waals surface area contributed by atoms with Crippen molar-refractivity contribution >= 4 is 101 Å². The van der Waals surface area contributed by atoms with Crippen molar-refractivity contribution in [2.75, 3.05) is 81.8 Å². The molecule has 0 saturated carbocycles. The van der Waals surface area contributed by atoms with E-state index in [0.717, 1.165) is 80.4 Å². The minimum atomic E-state index is -4.92. The number of aryl methyl sites for hydroxylation is 2. The molecule has 2 aliphatic rings. The minimum Gasteiger partial charge on any atom is -0.508 e. The first-order valence-electron chi connectivity index (χ1n) is 31.2. The Labute approximate surface area is 596 Å². The van der Waals surface area contributed by atoms with Gasteiger partial charge in [-0.1, -0.05) is 59.7 Å². The number of amides is 2. The second-order valence-electron chi connectivity index (χ2n) is 23.5. The lowest BCUT2D eigenvalue weighted by atomic mass is 10.0. The smallest absolute Gasteiger partial charge is 0.423 e. The van der Waals surface area contributed by atoms with Gasteiger partial charge < -0.3 is 39.3 Å². The fraction of sp³-hybridized carbons (Fsp3) is 0.239. The number of benzene rings is 10. The van der Waals surface area contributed by atoms with Crippen LogP contribution in [0.15, 0.2) is 170 Å². The molecule has 0 radical (unpaired) electrons. The van der Waals surface area contributed by atoms with Crippen molar-refractivity contribution in [3.63, 3.8) is 0 Å². The van der Waals surface area contributed by atoms with Crippen LogP contribution >= 0.6 is 11.6 Å². The quantitative estimate of drug-likeness (QED) is 0.0527. The molecule has 0 unspecified atom stereocenters. The summed E-state index contributed by atoms with van der Waals surface area (Å²) >= 11 is 5.55. The van der Waals surface area contributed by atoms with Gasteiger partial charge in [0.25, 0.3) is 28.7 Å². The summed E-state index contributed by atoms with van der Waals surface area (Å²) in [5.74, 6) is -0.676. The third kappa shape index (κ3) is 19.6. The molecule has 2 heterocycles. The number of carbonyl (C=O) groups excluding carboxylic acids is 2. The van der Waals surface area contributed by atoms with Gasteiger partial charge in [0.05, 0.1) is 26.8 Å². The van der Waals surface area contributed by atoms with Gasteiger partial charge in [-0.15, -0.1) is 11.6 Å². The van der Waals surface area contributed by atoms with E-state index in [1.54, 1.807) is 4.90 Å². The molecule has 10 aromatic carbocycles. The number of phenolic OH excluding ortho intramolecular Hbond substituents is 2. The SMILES string of the molecule is COc1ccc2ccc([N+](=O)[O-])c(C(F)(F)F)c2c1.Cc1ccc(N2CCN(C(=O)CCl)CC2)cc1.Cc1ccc(N2CCN(C(=O)COc3ccc4ccc([N+](=O)[O-])c(C(F)(F)F)c4c3)CC2)cc1.O=[N+]([O-])c1ccc2ccc(O)cc2c1C(F)(F)F.O=[N+]([O-])c1ccc2ccc(O)cc2c1C(F)(F)F. The highest BCUT2D eigenvalue weighted by molar-refractivity contribution is 6.27. The largest absolute Gasteiger partial charge is 0.508 e. The van der Waals surface area contributed by atoms with Crippen molar-refractivity contribution in [3.05, 3.63) is 244 Å². The number of hydrogen-bond donors (Lipinski definition) is 2. The fourth-order valence-corrected chi connectivity index (χ4v) is 11.6. The van der Waals surface area contributed by atoms with Crippen molar-refractivity contribution in [3.8, 4) is 23.0 Å². The van der Waals surface area contributed by atoms with Crippen molar-refractivity contribution < 1.29 is 102 Å². The summed E-state index contributed by atoms with van der Waals surface area (Å²) in [5.41, 5.74) is -4.58. The number of rotatable bonds is 11. The van der Waals surface area contributed by atoms with Gasteiger partial charge in [-0.25, -0.2) is 0 Å². The van der Waals surface area contributed by atoms with E-state index in [1.807, 2.05) is 36.1 Å². The van der Waals surface area contributed by atoms with Crippen molar-refractivity contribution in [2.24, 2.45) is 0 Å². The van der Waals surface area contributed by atoms with E-state index >= 15 is 0 Å². The highest BCUT2D eigenvalue weighted by Gasteiger charge is 2.44. The Balaban J connectivity index is 0.000000173. The van der Waals surface area contributed by atoms with Crippen LogP contribution < -0.4 is 19.3 Å². The molecule has 0 aromatic heterocycles. The van der Waals surface area contributed by atoms with E-state index in [2.05, 4.69) is 41.0 Å². The fourth-order valence-electron chi connectivity index (χ4n) is 11.4. The monoisotopic (exact) mass is 1510 g/mol. The van der Waals surface area contributed by atoms with Crippen molar-refractivity contribution in [2.45, 2.75) is 38.6 Å². The molecule has 2 amide bonds. The van der Waals surface area contributed by atoms with E-state index in [-0.39, 0.29) is 79.6 Å². The molecule has 2 fully saturated rings. The molecular formula is C71H59ClF12N8O14. The maximum absolute atomic E-state index is 13.6. The molecule has 12 rings (SSSR count). The van der Waals surface area contributed by atoms with Crippen LogP contribution in [0.4, 0.5) is 86.8 Å². The van der Waals surface area contributed by atoms with Crippen LogP contribution in [0.2, 0.25) is 0 Å². The summed E-state index contributed by atoms with van der Waals surface area (Å²) in [4.78, 5) is 70.9. The average Bonchev–Trinajstić information content (AvgIpc) is 0.794. The summed E-state index contributed by atoms with van der Waals surface area (Å²) in [6, 6.07) is 39.6. The zero-order valence-electron chi connectivity index (χ0n) is 55.5. The van der Waals surface area contributed by atoms with Crippen LogP contribution in [0.5, 0.6) is 23.0 Å². The summed E-state index contributed by atoms with van der Waals surface area (Å²) in [5, 5.41) is 61.0. The topological polar surface area (TPSA) is 279 Å². The van der Waals surface area contributed by atoms with Crippen LogP contribution in [0.25, 0.3) is 43.1 Å². The van der Waals surface area contributed by atoms with Gasteiger partial charge in [-0.05, 0) is 132 Å². The van der Waals surface area contributed by atoms with Crippen LogP contribution in [0, 0.1) is 54.3 Å². The first kappa shape index (κ1) is 79.7. The molecule has 22 nitrogen and oxygen atoms in total. The number of ether oxygens (including phenoxy) is 2. The van der Waals surface area contributed by atoms with Crippen LogP contribution in [-0.4, -0.2) is 123 Å². The Morgan fingerprint density at radius 2 is 0.679 bits per heavy atom. The van der Waals surface area contributed by atoms with Gasteiger partial charge in [-0.3, -0.25) is 50.0 Å². The van der Waals surface area contributed by atoms with Gasteiger partial charge in [0, 0.05) is 110 Å². The van der Waals surface area contributed by atoms with E-state index < -0.39 is 100 Å². The Morgan fingerprint density at radius 1 is 0.406 bits per heavy atom. The third-order valence-corrected chi connectivity index (χ3v) is 16.8. The first-order valence-corrected chi connectivity index (χ1v) is 31.8. The van der Waals surface area contributed by atoms with Gasteiger partial charge in [0.1, 0.15) is 51.1 Å². The Hall–Kier alpha value is -12.0. The molecular weight excluding hydrogens is 1450 g/mol. The lowest BCUT2D eigenvalue weighted by Gasteiger charge is -2.36. The predicted octanol–water partition coefficient (Wildman–Crippen LogP) is 17.4. The number of nitro benzene ring substituents is 4. The van der Waals surface area contributed by atoms with Crippen molar-refractivity contribution in [1.29, 1.82) is 0 Å². The highest BCUT2D eigenvalue weighted by Crippen LogP contribution is 2.46. The third-order valence-electron chi connectivity index (χ3n) is 16.6. The molecule has 558 valence electrons. The number of halogens is 13. The molecule has 0 atom stereocenters. The first-order chi connectivity index (χ1) is 49.8. The van der Waals surface area contributed by atoms with E-state index in [4.69, 9.17) is 21.1 Å². The summed E-state index contributed by atoms with van der Waals surface area (Å²) in [7, 11) is 1.31. The Morgan fingerprint density at radius 3 is 0.972 bits per heavy atom. The van der Waals surface area contributed by atoms with Gasteiger partial charge in [0.2, 0.25) is 5.91 Å². The summed E-state index contributed by atoms with van der Waals surface area (Å²) in [6.07, 6.45) is -19.5. The molecule has 35 heteroatoms. The number of piperazine rings is 2. The predicted molar refractivity (Wildman–Crippen MR) is 368 cm³/mol. The number of methoxy groups -OCH3 is 1. The van der Waals surface area contributed by atoms with Crippen LogP contribution in [-0.2, 0) is 34.3 Å². The van der Waals surface area contributed by atoms with E-state index in [9.17, 15) is 113 Å². The van der Waals surface area contributed by atoms with Gasteiger partial charge in [-0.2, -0.15) is 52.7 Å². The van der Waals surface area contributed by atoms with Gasteiger partial charge in [0.15, 0.2) is 6.61 Å². The maximum atomic E-state index is 13.6. The Bertz CT molecular complexity index is 4810. The number of nitro groups is 4. The standard InChI is InChI=1S/C24H22F3N3O4.C13H17ClN2O.C12H8F3NO3.2C11H6F3NO3/c1-16-2-6-18(7-3-16)28-10-12-29(13-11-28)22(31)15-34-19-8-4-17-5-9-21(30(32)33)23(20(17)14-19)24(25,26)27;1-11-2-4-12(5-3-11)15-6-8-16(9-7-15)13(17)10-14;1-19-8-4-2-7-3-5-10(16(17)18)11(9(7)6-8)12(13,14)15;2*12-11(13,14)10-8-5-7(16)3-1-6(8)2-4-9(10)15(17)18/h2-9,14H,10-13,15H2,1H3;2-5H,6-10H2,1H3;2-6H,1H3;2*1-5,16H. The molecule has 0 spiro atoms. The highest BCUT2D eigenvalue weighted by atomic mass is 35.5. The van der Waals surface area contributed by atoms with E-state index in [0.29, 0.717) is 26.2 Å². The summed E-state index contributed by atoms with van der Waals surface area (Å²) < 4.78 is 167. The zero-order valence-corrected chi connectivity index (χ0v) is 56.3. The molecule has 0 bridgehead atoms. The minimum absolute atomic E-state index is 0.0325. The molecule has 10 aromatic rings. The number of nitrogens with zero attached hydrogens (tertiary/aromatic N) is 8. The molecule has 2 N–H and O–H groups in total. The normalized spacial score (nSPS) is 13.2. The molecule has 2 saturated heterocycles. The maximum Gasteiger partial charge on any atom is 0.423 e. The van der Waals surface area contributed by atoms with Crippen molar-refractivity contribution in [1.82, 2.24) is 9.80 Å². The lowest BCUT2D eigenvalue weighted by molar-refractivity contribution is -0.388. The van der Waals surface area contributed by atoms with Crippen LogP contribution in [0.1, 0.15) is 33.4 Å². The van der Waals surface area contributed by atoms with Crippen LogP contribution in [0.3, 0.4) is 0 Å². The van der Waals surface area contributed by atoms with E-state index in [1.165, 1.54) is 96.7 Å². The second kappa shape index (κ2) is 33.2. The number of fused-ring (bicyclic) bond motifs is 4. The van der Waals surface area contributed by atoms with Gasteiger partial charge >= 0.3 is 24.7 Å².